The smallest absolute Gasteiger partial charge is 0.315 e. The highest BCUT2D eigenvalue weighted by molar-refractivity contribution is 5.75. The quantitative estimate of drug-likeness (QED) is 0.832. The first-order chi connectivity index (χ1) is 12.7. The van der Waals surface area contributed by atoms with Crippen LogP contribution in [0.5, 0.6) is 5.75 Å². The molecular weight excluding hydrogens is 326 g/mol. The van der Waals surface area contributed by atoms with Gasteiger partial charge in [0.05, 0.1) is 13.2 Å². The first kappa shape index (κ1) is 18.1. The molecule has 1 saturated heterocycles. The number of para-hydroxylation sites is 1. The standard InChI is InChI=1S/C21H27N3O2/c1-3-20(16-9-11-19(26-2)12-10-16)23-21(25)22-17-13-14-24(15-17)18-7-5-4-6-8-18/h4-12,17,20H,3,13-15H2,1-2H3,(H2,22,23,25). The van der Waals surface area contributed by atoms with Crippen LogP contribution >= 0.6 is 0 Å². The first-order valence-corrected chi connectivity index (χ1v) is 9.20. The summed E-state index contributed by atoms with van der Waals surface area (Å²) in [6, 6.07) is 18.2. The maximum absolute atomic E-state index is 12.4. The Balaban J connectivity index is 1.52. The van der Waals surface area contributed by atoms with Gasteiger partial charge >= 0.3 is 6.03 Å². The summed E-state index contributed by atoms with van der Waals surface area (Å²) in [7, 11) is 1.65. The van der Waals surface area contributed by atoms with Crippen LogP contribution in [-0.4, -0.2) is 32.3 Å². The number of rotatable bonds is 6. The zero-order chi connectivity index (χ0) is 18.4. The Bertz CT molecular complexity index is 703. The lowest BCUT2D eigenvalue weighted by atomic mass is 10.0. The second kappa shape index (κ2) is 8.61. The summed E-state index contributed by atoms with van der Waals surface area (Å²) in [5.41, 5.74) is 2.29. The van der Waals surface area contributed by atoms with Crippen LogP contribution in [0, 0.1) is 0 Å². The number of nitrogens with one attached hydrogen (secondary N) is 2. The van der Waals surface area contributed by atoms with Crippen molar-refractivity contribution in [3.8, 4) is 5.75 Å². The maximum Gasteiger partial charge on any atom is 0.315 e. The van der Waals surface area contributed by atoms with Crippen molar-refractivity contribution in [1.29, 1.82) is 0 Å². The van der Waals surface area contributed by atoms with E-state index in [4.69, 9.17) is 4.74 Å². The average Bonchev–Trinajstić information content (AvgIpc) is 3.15. The van der Waals surface area contributed by atoms with Gasteiger partial charge in [-0.2, -0.15) is 0 Å². The summed E-state index contributed by atoms with van der Waals surface area (Å²) >= 11 is 0. The molecule has 1 aliphatic rings. The van der Waals surface area contributed by atoms with Gasteiger partial charge in [-0.15, -0.1) is 0 Å². The van der Waals surface area contributed by atoms with Gasteiger partial charge in [0, 0.05) is 24.8 Å². The molecule has 138 valence electrons. The van der Waals surface area contributed by atoms with E-state index in [1.54, 1.807) is 7.11 Å². The summed E-state index contributed by atoms with van der Waals surface area (Å²) in [4.78, 5) is 14.8. The highest BCUT2D eigenvalue weighted by Crippen LogP contribution is 2.21. The molecule has 0 bridgehead atoms. The fourth-order valence-corrected chi connectivity index (χ4v) is 3.39. The summed E-state index contributed by atoms with van der Waals surface area (Å²) < 4.78 is 5.19. The van der Waals surface area contributed by atoms with Crippen LogP contribution in [0.15, 0.2) is 54.6 Å². The van der Waals surface area contributed by atoms with Gasteiger partial charge in [0.1, 0.15) is 5.75 Å². The van der Waals surface area contributed by atoms with E-state index < -0.39 is 0 Å². The van der Waals surface area contributed by atoms with Crippen molar-refractivity contribution in [3.63, 3.8) is 0 Å². The van der Waals surface area contributed by atoms with Crippen LogP contribution in [0.3, 0.4) is 0 Å². The highest BCUT2D eigenvalue weighted by Gasteiger charge is 2.24. The molecule has 1 aliphatic heterocycles. The third-order valence-corrected chi connectivity index (χ3v) is 4.88. The van der Waals surface area contributed by atoms with Crippen LogP contribution in [0.4, 0.5) is 10.5 Å². The van der Waals surface area contributed by atoms with Crippen molar-refractivity contribution < 1.29 is 9.53 Å². The number of hydrogen-bond donors (Lipinski definition) is 2. The lowest BCUT2D eigenvalue weighted by molar-refractivity contribution is 0.233. The van der Waals surface area contributed by atoms with Crippen molar-refractivity contribution >= 4 is 11.7 Å². The number of carbonyl (C=O) groups is 1. The fraction of sp³-hybridized carbons (Fsp3) is 0.381. The maximum atomic E-state index is 12.4. The Morgan fingerprint density at radius 2 is 1.92 bits per heavy atom. The molecule has 2 aromatic rings. The van der Waals surface area contributed by atoms with Gasteiger partial charge in [0.2, 0.25) is 0 Å². The van der Waals surface area contributed by atoms with Crippen LogP contribution in [0.25, 0.3) is 0 Å². The van der Waals surface area contributed by atoms with Gasteiger partial charge in [-0.1, -0.05) is 37.3 Å². The molecule has 2 atom stereocenters. The Kier molecular flexibility index (Phi) is 6.00. The highest BCUT2D eigenvalue weighted by atomic mass is 16.5. The minimum Gasteiger partial charge on any atom is -0.497 e. The predicted molar refractivity (Wildman–Crippen MR) is 105 cm³/mol. The van der Waals surface area contributed by atoms with E-state index in [9.17, 15) is 4.79 Å². The number of carbonyl (C=O) groups excluding carboxylic acids is 1. The molecule has 2 N–H and O–H groups in total. The summed E-state index contributed by atoms with van der Waals surface area (Å²) in [5.74, 6) is 0.819. The normalized spacial score (nSPS) is 17.6. The van der Waals surface area contributed by atoms with E-state index >= 15 is 0 Å². The Hall–Kier alpha value is -2.69. The van der Waals surface area contributed by atoms with Gasteiger partial charge in [0.25, 0.3) is 0 Å². The van der Waals surface area contributed by atoms with E-state index in [1.807, 2.05) is 42.5 Å². The Morgan fingerprint density at radius 1 is 1.19 bits per heavy atom. The number of urea groups is 1. The summed E-state index contributed by atoms with van der Waals surface area (Å²) in [5, 5.41) is 6.21. The number of ether oxygens (including phenoxy) is 1. The van der Waals surface area contributed by atoms with E-state index in [-0.39, 0.29) is 18.1 Å². The van der Waals surface area contributed by atoms with Crippen LogP contribution < -0.4 is 20.3 Å². The molecule has 1 fully saturated rings. The van der Waals surface area contributed by atoms with Gasteiger partial charge in [-0.3, -0.25) is 0 Å². The summed E-state index contributed by atoms with van der Waals surface area (Å²) in [6.07, 6.45) is 1.79. The minimum atomic E-state index is -0.104. The van der Waals surface area contributed by atoms with E-state index in [0.717, 1.165) is 37.2 Å². The van der Waals surface area contributed by atoms with Crippen LogP contribution in [0.2, 0.25) is 0 Å². The van der Waals surface area contributed by atoms with Gasteiger partial charge in [0.15, 0.2) is 0 Å². The first-order valence-electron chi connectivity index (χ1n) is 9.20. The van der Waals surface area contributed by atoms with Gasteiger partial charge in [-0.25, -0.2) is 4.79 Å². The number of amides is 2. The van der Waals surface area contributed by atoms with Crippen LogP contribution in [-0.2, 0) is 0 Å². The van der Waals surface area contributed by atoms with Crippen molar-refractivity contribution in [2.24, 2.45) is 0 Å². The van der Waals surface area contributed by atoms with E-state index in [2.05, 4.69) is 34.6 Å². The number of hydrogen-bond acceptors (Lipinski definition) is 3. The molecular formula is C21H27N3O2. The lowest BCUT2D eigenvalue weighted by Gasteiger charge is -2.21. The molecule has 2 aromatic carbocycles. The molecule has 1 heterocycles. The van der Waals surface area contributed by atoms with Crippen molar-refractivity contribution in [2.75, 3.05) is 25.1 Å². The monoisotopic (exact) mass is 353 g/mol. The number of anilines is 1. The molecule has 5 heteroatoms. The zero-order valence-electron chi connectivity index (χ0n) is 15.4. The molecule has 0 saturated carbocycles. The predicted octanol–water partition coefficient (Wildman–Crippen LogP) is 3.72. The number of nitrogens with zero attached hydrogens (tertiary/aromatic N) is 1. The molecule has 3 rings (SSSR count). The van der Waals surface area contributed by atoms with Gasteiger partial charge < -0.3 is 20.3 Å². The van der Waals surface area contributed by atoms with Crippen molar-refractivity contribution in [2.45, 2.75) is 31.8 Å². The molecule has 2 unspecified atom stereocenters. The SMILES string of the molecule is CCC(NC(=O)NC1CCN(c2ccccc2)C1)c1ccc(OC)cc1. The zero-order valence-corrected chi connectivity index (χ0v) is 15.4. The molecule has 0 aromatic heterocycles. The lowest BCUT2D eigenvalue weighted by Crippen LogP contribution is -2.44. The Morgan fingerprint density at radius 3 is 2.58 bits per heavy atom. The average molecular weight is 353 g/mol. The third kappa shape index (κ3) is 4.48. The molecule has 26 heavy (non-hydrogen) atoms. The topological polar surface area (TPSA) is 53.6 Å². The molecule has 5 nitrogen and oxygen atoms in total. The molecule has 0 radical (unpaired) electrons. The molecule has 0 spiro atoms. The van der Waals surface area contributed by atoms with Crippen LogP contribution in [0.1, 0.15) is 31.4 Å². The largest absolute Gasteiger partial charge is 0.497 e. The number of methoxy groups -OCH3 is 1. The second-order valence-electron chi connectivity index (χ2n) is 6.62. The molecule has 0 aliphatic carbocycles. The summed E-state index contributed by atoms with van der Waals surface area (Å²) in [6.45, 7) is 3.88. The molecule has 2 amide bonds. The third-order valence-electron chi connectivity index (χ3n) is 4.88. The minimum absolute atomic E-state index is 0.00691. The number of benzene rings is 2. The van der Waals surface area contributed by atoms with Crippen molar-refractivity contribution in [3.05, 3.63) is 60.2 Å². The van der Waals surface area contributed by atoms with E-state index in [0.29, 0.717) is 0 Å². The van der Waals surface area contributed by atoms with Gasteiger partial charge in [-0.05, 0) is 42.7 Å². The van der Waals surface area contributed by atoms with E-state index in [1.165, 1.54) is 5.69 Å². The second-order valence-corrected chi connectivity index (χ2v) is 6.62. The fourth-order valence-electron chi connectivity index (χ4n) is 3.39. The Labute approximate surface area is 155 Å². The van der Waals surface area contributed by atoms with Crippen molar-refractivity contribution in [1.82, 2.24) is 10.6 Å².